The molecule has 2 aromatic rings. The minimum absolute atomic E-state index is 0.00251. The van der Waals surface area contributed by atoms with E-state index < -0.39 is 0 Å². The first-order valence-electron chi connectivity index (χ1n) is 7.73. The number of hydrogen-bond acceptors (Lipinski definition) is 2. The molecule has 5 heteroatoms. The molecular weight excluding hydrogens is 276 g/mol. The molecule has 1 saturated carbocycles. The summed E-state index contributed by atoms with van der Waals surface area (Å²) in [7, 11) is 1.88. The summed E-state index contributed by atoms with van der Waals surface area (Å²) in [5.41, 5.74) is 2.19. The number of carbonyl (C=O) groups is 1. The van der Waals surface area contributed by atoms with Crippen molar-refractivity contribution in [3.8, 4) is 0 Å². The zero-order valence-electron chi connectivity index (χ0n) is 13.1. The second kappa shape index (κ2) is 6.22. The Labute approximate surface area is 130 Å². The zero-order valence-corrected chi connectivity index (χ0v) is 13.1. The number of hydrogen-bond donors (Lipinski definition) is 1. The van der Waals surface area contributed by atoms with Gasteiger partial charge in [0.05, 0.1) is 12.2 Å². The van der Waals surface area contributed by atoms with Gasteiger partial charge in [-0.1, -0.05) is 30.3 Å². The molecule has 1 fully saturated rings. The van der Waals surface area contributed by atoms with Crippen LogP contribution in [-0.4, -0.2) is 26.8 Å². The van der Waals surface area contributed by atoms with Crippen LogP contribution in [0.4, 0.5) is 4.79 Å². The standard InChI is InChI=1S/C17H22N4O/c1-13(15-10-18-20(2)12-15)19-17(22)21(16-8-9-16)11-14-6-4-3-5-7-14/h3-7,10,12-13,16H,8-9,11H2,1-2H3,(H,19,22)/t13-/m0/s1. The second-order valence-electron chi connectivity index (χ2n) is 5.96. The first-order valence-corrected chi connectivity index (χ1v) is 7.73. The summed E-state index contributed by atoms with van der Waals surface area (Å²) in [6.07, 6.45) is 5.93. The van der Waals surface area contributed by atoms with Crippen LogP contribution in [0.15, 0.2) is 42.7 Å². The fraction of sp³-hybridized carbons (Fsp3) is 0.412. The van der Waals surface area contributed by atoms with E-state index in [0.29, 0.717) is 12.6 Å². The first kappa shape index (κ1) is 14.6. The summed E-state index contributed by atoms with van der Waals surface area (Å²) in [4.78, 5) is 14.6. The van der Waals surface area contributed by atoms with Gasteiger partial charge in [0, 0.05) is 31.4 Å². The van der Waals surface area contributed by atoms with E-state index in [2.05, 4.69) is 22.5 Å². The fourth-order valence-corrected chi connectivity index (χ4v) is 2.55. The number of amides is 2. The number of nitrogens with one attached hydrogen (secondary N) is 1. The van der Waals surface area contributed by atoms with E-state index in [0.717, 1.165) is 18.4 Å². The van der Waals surface area contributed by atoms with Crippen molar-refractivity contribution in [1.82, 2.24) is 20.0 Å². The first-order chi connectivity index (χ1) is 10.6. The highest BCUT2D eigenvalue weighted by Gasteiger charge is 2.33. The maximum atomic E-state index is 12.6. The molecule has 1 atom stereocenters. The highest BCUT2D eigenvalue weighted by Crippen LogP contribution is 2.28. The fourth-order valence-electron chi connectivity index (χ4n) is 2.55. The third-order valence-electron chi connectivity index (χ3n) is 4.01. The van der Waals surface area contributed by atoms with Crippen LogP contribution in [0.1, 0.15) is 36.9 Å². The molecular formula is C17H22N4O. The molecule has 0 unspecified atom stereocenters. The minimum atomic E-state index is -0.0433. The van der Waals surface area contributed by atoms with Crippen LogP contribution in [0.5, 0.6) is 0 Å². The van der Waals surface area contributed by atoms with Gasteiger partial charge >= 0.3 is 6.03 Å². The van der Waals surface area contributed by atoms with Gasteiger partial charge in [0.1, 0.15) is 0 Å². The second-order valence-corrected chi connectivity index (χ2v) is 5.96. The Hall–Kier alpha value is -2.30. The highest BCUT2D eigenvalue weighted by atomic mass is 16.2. The van der Waals surface area contributed by atoms with Gasteiger partial charge in [0.15, 0.2) is 0 Å². The van der Waals surface area contributed by atoms with Gasteiger partial charge in [-0.05, 0) is 25.3 Å². The quantitative estimate of drug-likeness (QED) is 0.922. The van der Waals surface area contributed by atoms with Gasteiger partial charge in [0.25, 0.3) is 0 Å². The van der Waals surface area contributed by atoms with Crippen molar-refractivity contribution in [2.45, 2.75) is 38.4 Å². The normalized spacial score (nSPS) is 15.4. The van der Waals surface area contributed by atoms with Crippen molar-refractivity contribution in [2.24, 2.45) is 7.05 Å². The third-order valence-corrected chi connectivity index (χ3v) is 4.01. The van der Waals surface area contributed by atoms with E-state index >= 15 is 0 Å². The molecule has 116 valence electrons. The number of carbonyl (C=O) groups excluding carboxylic acids is 1. The third kappa shape index (κ3) is 3.47. The summed E-state index contributed by atoms with van der Waals surface area (Å²) in [6, 6.07) is 10.5. The van der Waals surface area contributed by atoms with Crippen molar-refractivity contribution in [3.05, 3.63) is 53.9 Å². The van der Waals surface area contributed by atoms with Gasteiger partial charge in [-0.3, -0.25) is 4.68 Å². The van der Waals surface area contributed by atoms with Crippen molar-refractivity contribution >= 4 is 6.03 Å². The smallest absolute Gasteiger partial charge is 0.318 e. The summed E-state index contributed by atoms with van der Waals surface area (Å²) < 4.78 is 1.75. The van der Waals surface area contributed by atoms with E-state index in [9.17, 15) is 4.79 Å². The predicted octanol–water partition coefficient (Wildman–Crippen LogP) is 2.86. The van der Waals surface area contributed by atoms with Crippen LogP contribution >= 0.6 is 0 Å². The lowest BCUT2D eigenvalue weighted by molar-refractivity contribution is 0.188. The number of benzene rings is 1. The predicted molar refractivity (Wildman–Crippen MR) is 85.2 cm³/mol. The van der Waals surface area contributed by atoms with Crippen LogP contribution in [-0.2, 0) is 13.6 Å². The van der Waals surface area contributed by atoms with Crippen molar-refractivity contribution in [2.75, 3.05) is 0 Å². The lowest BCUT2D eigenvalue weighted by Crippen LogP contribution is -2.41. The topological polar surface area (TPSA) is 50.2 Å². The lowest BCUT2D eigenvalue weighted by Gasteiger charge is -2.25. The van der Waals surface area contributed by atoms with E-state index in [4.69, 9.17) is 0 Å². The molecule has 0 radical (unpaired) electrons. The average molecular weight is 298 g/mol. The number of nitrogens with zero attached hydrogens (tertiary/aromatic N) is 3. The van der Waals surface area contributed by atoms with E-state index in [-0.39, 0.29) is 12.1 Å². The van der Waals surface area contributed by atoms with Gasteiger partial charge in [-0.25, -0.2) is 4.79 Å². The molecule has 1 N–H and O–H groups in total. The molecule has 1 aromatic heterocycles. The summed E-state index contributed by atoms with van der Waals surface area (Å²) in [6.45, 7) is 2.65. The van der Waals surface area contributed by atoms with Crippen LogP contribution in [0.25, 0.3) is 0 Å². The van der Waals surface area contributed by atoms with Crippen LogP contribution in [0, 0.1) is 0 Å². The van der Waals surface area contributed by atoms with Crippen molar-refractivity contribution in [1.29, 1.82) is 0 Å². The molecule has 0 bridgehead atoms. The van der Waals surface area contributed by atoms with Crippen molar-refractivity contribution in [3.63, 3.8) is 0 Å². The maximum absolute atomic E-state index is 12.6. The van der Waals surface area contributed by atoms with Gasteiger partial charge < -0.3 is 10.2 Å². The Morgan fingerprint density at radius 1 is 1.41 bits per heavy atom. The zero-order chi connectivity index (χ0) is 15.5. The Morgan fingerprint density at radius 3 is 2.73 bits per heavy atom. The number of rotatable bonds is 5. The van der Waals surface area contributed by atoms with Gasteiger partial charge in [0.2, 0.25) is 0 Å². The van der Waals surface area contributed by atoms with Gasteiger partial charge in [-0.2, -0.15) is 5.10 Å². The Morgan fingerprint density at radius 2 is 2.14 bits per heavy atom. The molecule has 1 aliphatic rings. The lowest BCUT2D eigenvalue weighted by atomic mass is 10.2. The molecule has 5 nitrogen and oxygen atoms in total. The minimum Gasteiger partial charge on any atom is -0.331 e. The molecule has 3 rings (SSSR count). The largest absolute Gasteiger partial charge is 0.331 e. The molecule has 22 heavy (non-hydrogen) atoms. The summed E-state index contributed by atoms with van der Waals surface area (Å²) >= 11 is 0. The molecule has 2 amide bonds. The van der Waals surface area contributed by atoms with Crippen LogP contribution in [0.2, 0.25) is 0 Å². The number of urea groups is 1. The average Bonchev–Trinajstić information content (AvgIpc) is 3.26. The van der Waals surface area contributed by atoms with Crippen molar-refractivity contribution < 1.29 is 4.79 Å². The summed E-state index contributed by atoms with van der Waals surface area (Å²) in [5, 5.41) is 7.24. The molecule has 1 heterocycles. The SMILES string of the molecule is C[C@H](NC(=O)N(Cc1ccccc1)C1CC1)c1cnn(C)c1. The molecule has 1 aromatic carbocycles. The van der Waals surface area contributed by atoms with Crippen LogP contribution < -0.4 is 5.32 Å². The highest BCUT2D eigenvalue weighted by molar-refractivity contribution is 5.75. The van der Waals surface area contributed by atoms with E-state index in [1.54, 1.807) is 10.9 Å². The Bertz CT molecular complexity index is 633. The van der Waals surface area contributed by atoms with E-state index in [1.807, 2.05) is 43.3 Å². The molecule has 0 saturated heterocycles. The number of aromatic nitrogens is 2. The van der Waals surface area contributed by atoms with Crippen LogP contribution in [0.3, 0.4) is 0 Å². The van der Waals surface area contributed by atoms with E-state index in [1.165, 1.54) is 5.56 Å². The summed E-state index contributed by atoms with van der Waals surface area (Å²) in [5.74, 6) is 0. The van der Waals surface area contributed by atoms with Gasteiger partial charge in [-0.15, -0.1) is 0 Å². The monoisotopic (exact) mass is 298 g/mol. The molecule has 0 spiro atoms. The molecule has 0 aliphatic heterocycles. The maximum Gasteiger partial charge on any atom is 0.318 e. The molecule has 1 aliphatic carbocycles. The number of aryl methyl sites for hydroxylation is 1. The Balaban J connectivity index is 1.65. The Kier molecular flexibility index (Phi) is 4.13.